The largest absolute Gasteiger partial charge is 0.316 e. The van der Waals surface area contributed by atoms with Crippen molar-refractivity contribution in [3.05, 3.63) is 35.6 Å². The van der Waals surface area contributed by atoms with E-state index in [1.165, 1.54) is 25.7 Å². The minimum atomic E-state index is -0.0562. The second-order valence-corrected chi connectivity index (χ2v) is 6.12. The molecule has 1 atom stereocenters. The molecule has 0 saturated heterocycles. The summed E-state index contributed by atoms with van der Waals surface area (Å²) in [6.07, 6.45) is 6.05. The quantitative estimate of drug-likeness (QED) is 0.586. The third kappa shape index (κ3) is 6.51. The minimum absolute atomic E-state index is 0.0562. The van der Waals surface area contributed by atoms with Gasteiger partial charge in [-0.3, -0.25) is 0 Å². The van der Waals surface area contributed by atoms with Crippen LogP contribution >= 0.6 is 0 Å². The lowest BCUT2D eigenvalue weighted by atomic mass is 9.92. The van der Waals surface area contributed by atoms with Gasteiger partial charge in [0.05, 0.1) is 0 Å². The Kier molecular flexibility index (Phi) is 8.52. The molecule has 1 N–H and O–H groups in total. The van der Waals surface area contributed by atoms with Crippen LogP contribution in [0.5, 0.6) is 0 Å². The topological polar surface area (TPSA) is 12.0 Å². The van der Waals surface area contributed by atoms with Crippen molar-refractivity contribution in [2.75, 3.05) is 13.1 Å². The van der Waals surface area contributed by atoms with E-state index >= 15 is 0 Å². The average Bonchev–Trinajstić information content (AvgIpc) is 2.42. The maximum Gasteiger partial charge on any atom is 0.126 e. The predicted molar refractivity (Wildman–Crippen MR) is 85.6 cm³/mol. The molecule has 2 heteroatoms. The molecule has 1 unspecified atom stereocenters. The van der Waals surface area contributed by atoms with Crippen LogP contribution in [-0.2, 0) is 0 Å². The van der Waals surface area contributed by atoms with E-state index in [0.29, 0.717) is 11.8 Å². The molecule has 20 heavy (non-hydrogen) atoms. The third-order valence-corrected chi connectivity index (χ3v) is 3.69. The molecule has 1 nitrogen and oxygen atoms in total. The van der Waals surface area contributed by atoms with Gasteiger partial charge >= 0.3 is 0 Å². The van der Waals surface area contributed by atoms with Crippen LogP contribution in [0.3, 0.4) is 0 Å². The van der Waals surface area contributed by atoms with Gasteiger partial charge in [0.1, 0.15) is 5.82 Å². The molecule has 0 amide bonds. The van der Waals surface area contributed by atoms with Gasteiger partial charge in [0.25, 0.3) is 0 Å². The van der Waals surface area contributed by atoms with Crippen LogP contribution in [0.2, 0.25) is 0 Å². The first kappa shape index (κ1) is 17.2. The predicted octanol–water partition coefficient (Wildman–Crippen LogP) is 5.13. The van der Waals surface area contributed by atoms with E-state index in [-0.39, 0.29) is 5.82 Å². The molecule has 0 aliphatic rings. The van der Waals surface area contributed by atoms with E-state index in [2.05, 4.69) is 26.1 Å². The van der Waals surface area contributed by atoms with Crippen molar-refractivity contribution >= 4 is 0 Å². The Balaban J connectivity index is 2.56. The van der Waals surface area contributed by atoms with Crippen LogP contribution in [0, 0.1) is 11.7 Å². The molecule has 0 aliphatic carbocycles. The molecule has 1 aromatic carbocycles. The van der Waals surface area contributed by atoms with Crippen LogP contribution in [0.4, 0.5) is 4.39 Å². The van der Waals surface area contributed by atoms with Gasteiger partial charge in [-0.1, -0.05) is 64.7 Å². The summed E-state index contributed by atoms with van der Waals surface area (Å²) in [4.78, 5) is 0. The summed E-state index contributed by atoms with van der Waals surface area (Å²) in [6.45, 7) is 8.50. The zero-order chi connectivity index (χ0) is 14.8. The van der Waals surface area contributed by atoms with Crippen molar-refractivity contribution in [3.63, 3.8) is 0 Å². The number of hydrogen-bond donors (Lipinski definition) is 1. The average molecular weight is 279 g/mol. The van der Waals surface area contributed by atoms with E-state index < -0.39 is 0 Å². The van der Waals surface area contributed by atoms with E-state index in [0.717, 1.165) is 25.1 Å². The monoisotopic (exact) mass is 279 g/mol. The Morgan fingerprint density at radius 2 is 1.80 bits per heavy atom. The number of rotatable bonds is 10. The first-order valence-corrected chi connectivity index (χ1v) is 8.10. The molecule has 0 heterocycles. The zero-order valence-electron chi connectivity index (χ0n) is 13.3. The SMILES string of the molecule is CCCCCCC(CNCC(C)C)c1ccccc1F. The highest BCUT2D eigenvalue weighted by molar-refractivity contribution is 5.22. The lowest BCUT2D eigenvalue weighted by Crippen LogP contribution is -2.26. The van der Waals surface area contributed by atoms with Gasteiger partial charge in [-0.2, -0.15) is 0 Å². The molecule has 0 spiro atoms. The Morgan fingerprint density at radius 3 is 2.45 bits per heavy atom. The molecule has 1 aromatic rings. The van der Waals surface area contributed by atoms with Crippen molar-refractivity contribution < 1.29 is 4.39 Å². The first-order valence-electron chi connectivity index (χ1n) is 8.10. The molecule has 1 rings (SSSR count). The van der Waals surface area contributed by atoms with Gasteiger partial charge in [-0.05, 0) is 36.4 Å². The number of benzene rings is 1. The van der Waals surface area contributed by atoms with Crippen LogP contribution in [0.1, 0.15) is 64.4 Å². The van der Waals surface area contributed by atoms with E-state index in [1.54, 1.807) is 12.1 Å². The molecule has 0 aromatic heterocycles. The van der Waals surface area contributed by atoms with Crippen LogP contribution in [0.15, 0.2) is 24.3 Å². The fraction of sp³-hybridized carbons (Fsp3) is 0.667. The van der Waals surface area contributed by atoms with Gasteiger partial charge < -0.3 is 5.32 Å². The Morgan fingerprint density at radius 1 is 1.05 bits per heavy atom. The third-order valence-electron chi connectivity index (χ3n) is 3.69. The Hall–Kier alpha value is -0.890. The van der Waals surface area contributed by atoms with Gasteiger partial charge in [-0.25, -0.2) is 4.39 Å². The number of hydrogen-bond acceptors (Lipinski definition) is 1. The second-order valence-electron chi connectivity index (χ2n) is 6.12. The van der Waals surface area contributed by atoms with E-state index in [9.17, 15) is 4.39 Å². The second kappa shape index (κ2) is 9.93. The molecule has 0 saturated carbocycles. The summed E-state index contributed by atoms with van der Waals surface area (Å²) in [5, 5.41) is 3.48. The summed E-state index contributed by atoms with van der Waals surface area (Å²) in [5.74, 6) is 0.877. The normalized spacial score (nSPS) is 12.8. The molecule has 114 valence electrons. The molecule has 0 aliphatic heterocycles. The summed E-state index contributed by atoms with van der Waals surface area (Å²) >= 11 is 0. The Bertz CT molecular complexity index is 362. The summed E-state index contributed by atoms with van der Waals surface area (Å²) < 4.78 is 14.0. The lowest BCUT2D eigenvalue weighted by Gasteiger charge is -2.19. The molecule has 0 radical (unpaired) electrons. The fourth-order valence-corrected chi connectivity index (χ4v) is 2.54. The standard InChI is InChI=1S/C18H30FN/c1-4-5-6-7-10-16(14-20-13-15(2)3)17-11-8-9-12-18(17)19/h8-9,11-12,15-16,20H,4-7,10,13-14H2,1-3H3. The number of nitrogens with one attached hydrogen (secondary N) is 1. The number of unbranched alkanes of at least 4 members (excludes halogenated alkanes) is 3. The van der Waals surface area contributed by atoms with Gasteiger partial charge in [0.2, 0.25) is 0 Å². The fourth-order valence-electron chi connectivity index (χ4n) is 2.54. The zero-order valence-corrected chi connectivity index (χ0v) is 13.3. The maximum absolute atomic E-state index is 14.0. The number of halogens is 1. The lowest BCUT2D eigenvalue weighted by molar-refractivity contribution is 0.469. The molecular weight excluding hydrogens is 249 g/mol. The van der Waals surface area contributed by atoms with Gasteiger partial charge in [0, 0.05) is 6.54 Å². The van der Waals surface area contributed by atoms with E-state index in [1.807, 2.05) is 12.1 Å². The summed E-state index contributed by atoms with van der Waals surface area (Å²) in [5.41, 5.74) is 0.875. The van der Waals surface area contributed by atoms with Crippen molar-refractivity contribution in [1.82, 2.24) is 5.32 Å². The summed E-state index contributed by atoms with van der Waals surface area (Å²) in [6, 6.07) is 7.24. The highest BCUT2D eigenvalue weighted by atomic mass is 19.1. The molecule has 0 fully saturated rings. The van der Waals surface area contributed by atoms with E-state index in [4.69, 9.17) is 0 Å². The minimum Gasteiger partial charge on any atom is -0.316 e. The maximum atomic E-state index is 14.0. The van der Waals surface area contributed by atoms with Crippen molar-refractivity contribution in [1.29, 1.82) is 0 Å². The smallest absolute Gasteiger partial charge is 0.126 e. The molecular formula is C18H30FN. The Labute approximate surface area is 124 Å². The highest BCUT2D eigenvalue weighted by Gasteiger charge is 2.15. The van der Waals surface area contributed by atoms with Crippen LogP contribution < -0.4 is 5.32 Å². The summed E-state index contributed by atoms with van der Waals surface area (Å²) in [7, 11) is 0. The van der Waals surface area contributed by atoms with Crippen molar-refractivity contribution in [2.45, 2.75) is 58.8 Å². The van der Waals surface area contributed by atoms with Gasteiger partial charge in [-0.15, -0.1) is 0 Å². The molecule has 0 bridgehead atoms. The van der Waals surface area contributed by atoms with Crippen molar-refractivity contribution in [3.8, 4) is 0 Å². The first-order chi connectivity index (χ1) is 9.65. The highest BCUT2D eigenvalue weighted by Crippen LogP contribution is 2.24. The van der Waals surface area contributed by atoms with Crippen molar-refractivity contribution in [2.24, 2.45) is 5.92 Å². The van der Waals surface area contributed by atoms with Crippen LogP contribution in [0.25, 0.3) is 0 Å². The van der Waals surface area contributed by atoms with Crippen LogP contribution in [-0.4, -0.2) is 13.1 Å². The van der Waals surface area contributed by atoms with Gasteiger partial charge in [0.15, 0.2) is 0 Å².